The maximum absolute atomic E-state index is 6.04. The van der Waals surface area contributed by atoms with Gasteiger partial charge in [0.1, 0.15) is 0 Å². The summed E-state index contributed by atoms with van der Waals surface area (Å²) in [5.74, 6) is 0. The third-order valence-electron chi connectivity index (χ3n) is 4.05. The van der Waals surface area contributed by atoms with Crippen molar-refractivity contribution in [2.45, 2.75) is 52.7 Å². The molecule has 1 fully saturated rings. The zero-order chi connectivity index (χ0) is 13.0. The van der Waals surface area contributed by atoms with Crippen molar-refractivity contribution in [3.8, 4) is 0 Å². The van der Waals surface area contributed by atoms with Crippen molar-refractivity contribution in [2.24, 2.45) is 7.05 Å². The molecular formula is C12H21BN2O2. The lowest BCUT2D eigenvalue weighted by molar-refractivity contribution is 0.00578. The average Bonchev–Trinajstić information content (AvgIpc) is 2.49. The van der Waals surface area contributed by atoms with Gasteiger partial charge in [0.15, 0.2) is 0 Å². The molecule has 17 heavy (non-hydrogen) atoms. The molecule has 0 saturated carbocycles. The highest BCUT2D eigenvalue weighted by Crippen LogP contribution is 2.36. The van der Waals surface area contributed by atoms with Crippen LogP contribution in [0.3, 0.4) is 0 Å². The molecule has 2 heterocycles. The summed E-state index contributed by atoms with van der Waals surface area (Å²) >= 11 is 0. The molecule has 1 aromatic rings. The minimum atomic E-state index is -0.328. The van der Waals surface area contributed by atoms with Crippen LogP contribution in [-0.4, -0.2) is 28.1 Å². The van der Waals surface area contributed by atoms with Crippen LogP contribution in [0.5, 0.6) is 0 Å². The zero-order valence-corrected chi connectivity index (χ0v) is 11.8. The first-order valence-electron chi connectivity index (χ1n) is 6.01. The summed E-state index contributed by atoms with van der Waals surface area (Å²) in [5.41, 5.74) is 2.58. The molecule has 0 aliphatic carbocycles. The number of hydrogen-bond donors (Lipinski definition) is 0. The van der Waals surface area contributed by atoms with Gasteiger partial charge in [0.25, 0.3) is 0 Å². The molecule has 1 aromatic heterocycles. The molecule has 0 amide bonds. The fourth-order valence-electron chi connectivity index (χ4n) is 2.07. The first kappa shape index (κ1) is 12.6. The van der Waals surface area contributed by atoms with Gasteiger partial charge in [-0.05, 0) is 47.1 Å². The number of hydrogen-bond acceptors (Lipinski definition) is 3. The normalized spacial score (nSPS) is 22.2. The van der Waals surface area contributed by atoms with Crippen LogP contribution < -0.4 is 5.59 Å². The summed E-state index contributed by atoms with van der Waals surface area (Å²) in [6, 6.07) is 0. The van der Waals surface area contributed by atoms with Crippen LogP contribution in [0.4, 0.5) is 0 Å². The van der Waals surface area contributed by atoms with Crippen LogP contribution in [0.2, 0.25) is 0 Å². The summed E-state index contributed by atoms with van der Waals surface area (Å²) in [4.78, 5) is 0. The fraction of sp³-hybridized carbons (Fsp3) is 0.750. The van der Waals surface area contributed by atoms with Gasteiger partial charge >= 0.3 is 7.12 Å². The largest absolute Gasteiger partial charge is 0.514 e. The van der Waals surface area contributed by atoms with E-state index in [9.17, 15) is 0 Å². The summed E-state index contributed by atoms with van der Waals surface area (Å²) in [6.07, 6.45) is 0. The van der Waals surface area contributed by atoms with Gasteiger partial charge in [0.05, 0.1) is 22.5 Å². The van der Waals surface area contributed by atoms with E-state index >= 15 is 0 Å². The molecule has 0 atom stereocenters. The third-order valence-corrected chi connectivity index (χ3v) is 4.05. The molecule has 5 heteroatoms. The Labute approximate surface area is 103 Å². The molecule has 0 aromatic carbocycles. The topological polar surface area (TPSA) is 36.3 Å². The maximum atomic E-state index is 6.04. The predicted octanol–water partition coefficient (Wildman–Crippen LogP) is 1.34. The van der Waals surface area contributed by atoms with Crippen molar-refractivity contribution in [3.05, 3.63) is 11.3 Å². The van der Waals surface area contributed by atoms with Gasteiger partial charge in [-0.25, -0.2) is 0 Å². The van der Waals surface area contributed by atoms with Gasteiger partial charge in [0.2, 0.25) is 0 Å². The Kier molecular flexibility index (Phi) is 2.67. The van der Waals surface area contributed by atoms with Crippen LogP contribution in [0.25, 0.3) is 0 Å². The van der Waals surface area contributed by atoms with Gasteiger partial charge < -0.3 is 9.31 Å². The van der Waals surface area contributed by atoms with E-state index in [1.165, 1.54) is 0 Å². The number of aryl methyl sites for hydroxylation is 2. The highest BCUT2D eigenvalue weighted by Gasteiger charge is 2.53. The minimum absolute atomic E-state index is 0.303. The van der Waals surface area contributed by atoms with Crippen molar-refractivity contribution in [3.63, 3.8) is 0 Å². The Bertz CT molecular complexity index is 436. The molecule has 0 radical (unpaired) electrons. The minimum Gasteiger partial charge on any atom is -0.398 e. The fourth-order valence-corrected chi connectivity index (χ4v) is 2.07. The lowest BCUT2D eigenvalue weighted by atomic mass is 9.81. The van der Waals surface area contributed by atoms with E-state index in [4.69, 9.17) is 9.31 Å². The molecule has 94 valence electrons. The van der Waals surface area contributed by atoms with Crippen LogP contribution in [0.15, 0.2) is 0 Å². The molecule has 0 unspecified atom stereocenters. The van der Waals surface area contributed by atoms with Crippen LogP contribution in [0.1, 0.15) is 39.0 Å². The van der Waals surface area contributed by atoms with E-state index in [-0.39, 0.29) is 18.3 Å². The predicted molar refractivity (Wildman–Crippen MR) is 68.4 cm³/mol. The lowest BCUT2D eigenvalue weighted by Gasteiger charge is -2.32. The van der Waals surface area contributed by atoms with Crippen molar-refractivity contribution >= 4 is 12.7 Å². The van der Waals surface area contributed by atoms with Gasteiger partial charge in [-0.15, -0.1) is 0 Å². The van der Waals surface area contributed by atoms with E-state index in [0.717, 1.165) is 16.9 Å². The Balaban J connectivity index is 2.39. The number of rotatable bonds is 1. The average molecular weight is 236 g/mol. The molecule has 0 spiro atoms. The first-order valence-corrected chi connectivity index (χ1v) is 6.01. The summed E-state index contributed by atoms with van der Waals surface area (Å²) in [7, 11) is 1.60. The van der Waals surface area contributed by atoms with Gasteiger partial charge in [-0.3, -0.25) is 4.68 Å². The second-order valence-corrected chi connectivity index (χ2v) is 5.81. The summed E-state index contributed by atoms with van der Waals surface area (Å²) in [5, 5.41) is 4.41. The smallest absolute Gasteiger partial charge is 0.398 e. The Morgan fingerprint density at radius 3 is 1.88 bits per heavy atom. The van der Waals surface area contributed by atoms with Gasteiger partial charge in [-0.1, -0.05) is 0 Å². The van der Waals surface area contributed by atoms with Crippen molar-refractivity contribution in [1.82, 2.24) is 9.78 Å². The van der Waals surface area contributed by atoms with Crippen LogP contribution in [-0.2, 0) is 16.4 Å². The Morgan fingerprint density at radius 1 is 1.06 bits per heavy atom. The van der Waals surface area contributed by atoms with E-state index in [1.54, 1.807) is 0 Å². The zero-order valence-electron chi connectivity index (χ0n) is 11.8. The second-order valence-electron chi connectivity index (χ2n) is 5.81. The van der Waals surface area contributed by atoms with E-state index in [2.05, 4.69) is 39.7 Å². The molecule has 0 N–H and O–H groups in total. The Hall–Kier alpha value is -0.805. The highest BCUT2D eigenvalue weighted by atomic mass is 16.7. The SMILES string of the molecule is Cc1nn(C)c(B2OC(C)(C)C(C)(C)O2)c1C. The number of aromatic nitrogens is 2. The highest BCUT2D eigenvalue weighted by molar-refractivity contribution is 6.61. The lowest BCUT2D eigenvalue weighted by Crippen LogP contribution is -2.41. The molecule has 0 bridgehead atoms. The van der Waals surface area contributed by atoms with Crippen molar-refractivity contribution in [2.75, 3.05) is 0 Å². The molecule has 1 aliphatic heterocycles. The number of nitrogens with zero attached hydrogens (tertiary/aromatic N) is 2. The van der Waals surface area contributed by atoms with Crippen LogP contribution in [0, 0.1) is 13.8 Å². The first-order chi connectivity index (χ1) is 7.66. The molecule has 2 rings (SSSR count). The van der Waals surface area contributed by atoms with Crippen molar-refractivity contribution < 1.29 is 9.31 Å². The maximum Gasteiger partial charge on any atom is 0.514 e. The molecular weight excluding hydrogens is 215 g/mol. The van der Waals surface area contributed by atoms with E-state index in [0.29, 0.717) is 0 Å². The third kappa shape index (κ3) is 1.81. The molecule has 1 aliphatic rings. The van der Waals surface area contributed by atoms with Crippen molar-refractivity contribution in [1.29, 1.82) is 0 Å². The molecule has 1 saturated heterocycles. The quantitative estimate of drug-likeness (QED) is 0.690. The van der Waals surface area contributed by atoms with E-state index in [1.807, 2.05) is 18.7 Å². The molecule has 4 nitrogen and oxygen atoms in total. The second kappa shape index (κ2) is 3.59. The van der Waals surface area contributed by atoms with Gasteiger partial charge in [0, 0.05) is 7.05 Å². The monoisotopic (exact) mass is 236 g/mol. The standard InChI is InChI=1S/C12H21BN2O2/c1-8-9(2)14-15(7)10(8)13-16-11(3,4)12(5,6)17-13/h1-7H3. The summed E-state index contributed by atoms with van der Waals surface area (Å²) in [6.45, 7) is 12.3. The van der Waals surface area contributed by atoms with Gasteiger partial charge in [-0.2, -0.15) is 5.10 Å². The van der Waals surface area contributed by atoms with Crippen LogP contribution >= 0.6 is 0 Å². The summed E-state index contributed by atoms with van der Waals surface area (Å²) < 4.78 is 13.9. The Morgan fingerprint density at radius 2 is 1.53 bits per heavy atom. The van der Waals surface area contributed by atoms with E-state index < -0.39 is 0 Å².